The van der Waals surface area contributed by atoms with Crippen molar-refractivity contribution in [2.45, 2.75) is 12.6 Å². The average molecular weight is 413 g/mol. The molecule has 3 heterocycles. The van der Waals surface area contributed by atoms with Gasteiger partial charge in [0, 0.05) is 19.2 Å². The molecule has 0 bridgehead atoms. The summed E-state index contributed by atoms with van der Waals surface area (Å²) in [6.45, 7) is 0.368. The molecule has 3 rings (SSSR count). The molecule has 2 N–H and O–H groups in total. The Kier molecular flexibility index (Phi) is 5.83. The topological polar surface area (TPSA) is 97.4 Å². The molecule has 11 heteroatoms. The summed E-state index contributed by atoms with van der Waals surface area (Å²) in [6.07, 6.45) is -4.28. The van der Waals surface area contributed by atoms with Crippen LogP contribution in [-0.4, -0.2) is 30.1 Å². The Balaban J connectivity index is 1.39. The normalized spacial score (nSPS) is 11.4. The molecule has 7 nitrogen and oxygen atoms in total. The lowest BCUT2D eigenvalue weighted by atomic mass is 10.3. The summed E-state index contributed by atoms with van der Waals surface area (Å²) >= 11 is 1.45. The first-order valence-electron chi connectivity index (χ1n) is 8.08. The van der Waals surface area contributed by atoms with Gasteiger partial charge in [-0.1, -0.05) is 11.2 Å². The highest BCUT2D eigenvalue weighted by Crippen LogP contribution is 2.30. The number of hydrogen-bond acceptors (Lipinski definition) is 6. The van der Waals surface area contributed by atoms with Gasteiger partial charge in [-0.05, 0) is 30.0 Å². The number of nitrogens with one attached hydrogen (secondary N) is 2. The predicted molar refractivity (Wildman–Crippen MR) is 92.8 cm³/mol. The van der Waals surface area contributed by atoms with E-state index in [2.05, 4.69) is 20.2 Å². The first-order valence-corrected chi connectivity index (χ1v) is 8.96. The number of thiophene rings is 1. The minimum absolute atomic E-state index is 0.128. The summed E-state index contributed by atoms with van der Waals surface area (Å²) in [5.41, 5.74) is 0.128. The second-order valence-corrected chi connectivity index (χ2v) is 6.53. The van der Waals surface area contributed by atoms with Crippen LogP contribution >= 0.6 is 11.3 Å². The largest absolute Gasteiger partial charge is 0.449 e. The van der Waals surface area contributed by atoms with Crippen molar-refractivity contribution in [2.75, 3.05) is 13.1 Å². The molecular weight excluding hydrogens is 399 g/mol. The summed E-state index contributed by atoms with van der Waals surface area (Å²) in [4.78, 5) is 24.6. The maximum Gasteiger partial charge on any atom is 0.449 e. The van der Waals surface area contributed by atoms with Gasteiger partial charge in [-0.2, -0.15) is 13.2 Å². The maximum absolute atomic E-state index is 12.4. The number of amides is 2. The molecule has 0 radical (unpaired) electrons. The van der Waals surface area contributed by atoms with Crippen LogP contribution in [0.1, 0.15) is 33.2 Å². The lowest BCUT2D eigenvalue weighted by molar-refractivity contribution is -0.153. The zero-order valence-corrected chi connectivity index (χ0v) is 15.0. The third-order valence-electron chi connectivity index (χ3n) is 3.54. The lowest BCUT2D eigenvalue weighted by Gasteiger charge is -2.05. The van der Waals surface area contributed by atoms with E-state index in [1.807, 2.05) is 17.5 Å². The summed E-state index contributed by atoms with van der Waals surface area (Å²) in [7, 11) is 0. The van der Waals surface area contributed by atoms with Crippen molar-refractivity contribution < 1.29 is 31.7 Å². The maximum atomic E-state index is 12.4. The number of hydrogen-bond donors (Lipinski definition) is 2. The molecule has 3 aromatic rings. The van der Waals surface area contributed by atoms with E-state index < -0.39 is 29.5 Å². The summed E-state index contributed by atoms with van der Waals surface area (Å²) < 4.78 is 46.9. The highest BCUT2D eigenvalue weighted by atomic mass is 32.1. The molecule has 0 atom stereocenters. The quantitative estimate of drug-likeness (QED) is 0.577. The van der Waals surface area contributed by atoms with Gasteiger partial charge in [0.1, 0.15) is 0 Å². The Morgan fingerprint density at radius 3 is 2.50 bits per heavy atom. The average Bonchev–Trinajstić information content (AvgIpc) is 3.41. The van der Waals surface area contributed by atoms with Crippen molar-refractivity contribution in [1.82, 2.24) is 15.8 Å². The van der Waals surface area contributed by atoms with Crippen molar-refractivity contribution >= 4 is 23.2 Å². The van der Waals surface area contributed by atoms with Crippen molar-refractivity contribution in [3.05, 3.63) is 52.9 Å². The summed E-state index contributed by atoms with van der Waals surface area (Å²) in [5.74, 6) is -2.37. The standard InChI is InChI=1S/C17H14F3N3O4S/c18-17(19,20)14-5-4-11(26-14)16(25)22-7-2-6-21-15(24)10-9-12(27-23-10)13-3-1-8-28-13/h1,3-5,8-9H,2,6-7H2,(H,21,24)(H,22,25). The molecule has 0 aliphatic heterocycles. The van der Waals surface area contributed by atoms with Crippen molar-refractivity contribution in [2.24, 2.45) is 0 Å². The first-order chi connectivity index (χ1) is 13.3. The van der Waals surface area contributed by atoms with Crippen LogP contribution in [0.15, 0.2) is 44.7 Å². The Morgan fingerprint density at radius 1 is 1.11 bits per heavy atom. The van der Waals surface area contributed by atoms with Crippen molar-refractivity contribution in [3.8, 4) is 10.6 Å². The van der Waals surface area contributed by atoms with E-state index in [0.29, 0.717) is 18.2 Å². The van der Waals surface area contributed by atoms with Gasteiger partial charge in [-0.3, -0.25) is 9.59 Å². The molecule has 0 aliphatic carbocycles. The molecule has 0 fully saturated rings. The number of furan rings is 1. The van der Waals surface area contributed by atoms with Crippen LogP contribution in [0.3, 0.4) is 0 Å². The fourth-order valence-corrected chi connectivity index (χ4v) is 2.87. The van der Waals surface area contributed by atoms with Crippen LogP contribution in [0.5, 0.6) is 0 Å². The number of nitrogens with zero attached hydrogens (tertiary/aromatic N) is 1. The SMILES string of the molecule is O=C(NCCCNC(=O)c1ccc(C(F)(F)F)o1)c1cc(-c2cccs2)on1. The van der Waals surface area contributed by atoms with Crippen LogP contribution in [0, 0.1) is 0 Å². The van der Waals surface area contributed by atoms with E-state index in [4.69, 9.17) is 4.52 Å². The van der Waals surface area contributed by atoms with Gasteiger partial charge in [-0.15, -0.1) is 11.3 Å². The van der Waals surface area contributed by atoms with Crippen LogP contribution in [-0.2, 0) is 6.18 Å². The molecule has 3 aromatic heterocycles. The molecule has 0 unspecified atom stereocenters. The second-order valence-electron chi connectivity index (χ2n) is 5.58. The zero-order valence-electron chi connectivity index (χ0n) is 14.2. The number of rotatable bonds is 7. The molecule has 0 spiro atoms. The number of carbonyl (C=O) groups excluding carboxylic acids is 2. The molecule has 2 amide bonds. The van der Waals surface area contributed by atoms with Gasteiger partial charge in [0.15, 0.2) is 17.2 Å². The minimum Gasteiger partial charge on any atom is -0.446 e. The summed E-state index contributed by atoms with van der Waals surface area (Å²) in [5, 5.41) is 10.6. The van der Waals surface area contributed by atoms with Gasteiger partial charge < -0.3 is 19.6 Å². The minimum atomic E-state index is -4.65. The number of halogens is 3. The summed E-state index contributed by atoms with van der Waals surface area (Å²) in [6, 6.07) is 6.86. The lowest BCUT2D eigenvalue weighted by Crippen LogP contribution is -2.29. The first kappa shape index (κ1) is 19.7. The van der Waals surface area contributed by atoms with Crippen molar-refractivity contribution in [1.29, 1.82) is 0 Å². The monoisotopic (exact) mass is 413 g/mol. The van der Waals surface area contributed by atoms with Gasteiger partial charge in [0.25, 0.3) is 11.8 Å². The van der Waals surface area contributed by atoms with Crippen LogP contribution in [0.4, 0.5) is 13.2 Å². The zero-order chi connectivity index (χ0) is 20.1. The molecule has 0 aliphatic rings. The number of aromatic nitrogens is 1. The van der Waals surface area contributed by atoms with Gasteiger partial charge in [-0.25, -0.2) is 0 Å². The highest BCUT2D eigenvalue weighted by molar-refractivity contribution is 7.13. The van der Waals surface area contributed by atoms with Crippen LogP contribution in [0.2, 0.25) is 0 Å². The smallest absolute Gasteiger partial charge is 0.446 e. The van der Waals surface area contributed by atoms with Crippen LogP contribution < -0.4 is 10.6 Å². The van der Waals surface area contributed by atoms with Crippen molar-refractivity contribution in [3.63, 3.8) is 0 Å². The van der Waals surface area contributed by atoms with Gasteiger partial charge >= 0.3 is 6.18 Å². The fourth-order valence-electron chi connectivity index (χ4n) is 2.20. The van der Waals surface area contributed by atoms with E-state index in [1.54, 1.807) is 0 Å². The highest BCUT2D eigenvalue weighted by Gasteiger charge is 2.35. The molecule has 28 heavy (non-hydrogen) atoms. The predicted octanol–water partition coefficient (Wildman–Crippen LogP) is 3.56. The molecular formula is C17H14F3N3O4S. The molecule has 0 saturated heterocycles. The van der Waals surface area contributed by atoms with E-state index in [9.17, 15) is 22.8 Å². The van der Waals surface area contributed by atoms with E-state index in [0.717, 1.165) is 10.9 Å². The number of carbonyl (C=O) groups is 2. The van der Waals surface area contributed by atoms with E-state index >= 15 is 0 Å². The molecule has 0 aromatic carbocycles. The second kappa shape index (κ2) is 8.30. The van der Waals surface area contributed by atoms with Gasteiger partial charge in [0.05, 0.1) is 4.88 Å². The Morgan fingerprint density at radius 2 is 1.86 bits per heavy atom. The molecule has 0 saturated carbocycles. The fraction of sp³-hybridized carbons (Fsp3) is 0.235. The third-order valence-corrected chi connectivity index (χ3v) is 4.43. The Labute approximate surface area is 160 Å². The Hall–Kier alpha value is -3.08. The van der Waals surface area contributed by atoms with E-state index in [1.165, 1.54) is 17.4 Å². The Bertz CT molecular complexity index is 947. The van der Waals surface area contributed by atoms with Gasteiger partial charge in [0.2, 0.25) is 5.76 Å². The van der Waals surface area contributed by atoms with Crippen LogP contribution in [0.25, 0.3) is 10.6 Å². The third kappa shape index (κ3) is 4.80. The number of alkyl halides is 3. The molecule has 148 valence electrons. The van der Waals surface area contributed by atoms with E-state index in [-0.39, 0.29) is 18.8 Å².